The van der Waals surface area contributed by atoms with Crippen molar-refractivity contribution in [2.45, 2.75) is 71.8 Å². The van der Waals surface area contributed by atoms with Crippen LogP contribution in [0.4, 0.5) is 18.0 Å². The quantitative estimate of drug-likeness (QED) is 0.176. The molecule has 1 saturated heterocycles. The zero-order valence-corrected chi connectivity index (χ0v) is 27.6. The molecule has 0 radical (unpaired) electrons. The second kappa shape index (κ2) is 14.1. The lowest BCUT2D eigenvalue weighted by molar-refractivity contribution is -0.143. The number of amides is 1. The van der Waals surface area contributed by atoms with Crippen LogP contribution in [0.5, 0.6) is 5.75 Å². The Morgan fingerprint density at radius 1 is 0.979 bits per heavy atom. The molecule has 0 atom stereocenters. The molecule has 3 heterocycles. The molecule has 0 aliphatic carbocycles. The van der Waals surface area contributed by atoms with Gasteiger partial charge in [0.15, 0.2) is 11.5 Å². The maximum Gasteiger partial charge on any atom is 0.434 e. The SMILES string of the molecule is CCOC(=O)c1cnn(-c2cccc(-c3ccccc3OCc3ccc(C4CCN(C(=O)OC(C)(C)C)CC4)cc3C)n2)c1C(F)(F)F. The molecule has 0 bridgehead atoms. The van der Waals surface area contributed by atoms with Crippen molar-refractivity contribution in [1.29, 1.82) is 0 Å². The predicted octanol–water partition coefficient (Wildman–Crippen LogP) is 8.13. The van der Waals surface area contributed by atoms with Gasteiger partial charge in [0.2, 0.25) is 0 Å². The van der Waals surface area contributed by atoms with Gasteiger partial charge in [0.1, 0.15) is 23.5 Å². The molecule has 0 N–H and O–H groups in total. The van der Waals surface area contributed by atoms with E-state index in [1.807, 2.05) is 39.8 Å². The fourth-order valence-electron chi connectivity index (χ4n) is 5.66. The third-order valence-corrected chi connectivity index (χ3v) is 8.02. The second-order valence-corrected chi connectivity index (χ2v) is 12.6. The van der Waals surface area contributed by atoms with Gasteiger partial charge in [0, 0.05) is 18.7 Å². The molecule has 0 unspecified atom stereocenters. The van der Waals surface area contributed by atoms with Gasteiger partial charge in [-0.25, -0.2) is 19.3 Å². The van der Waals surface area contributed by atoms with Crippen molar-refractivity contribution in [3.05, 3.63) is 94.8 Å². The average Bonchev–Trinajstić information content (AvgIpc) is 3.51. The third-order valence-electron chi connectivity index (χ3n) is 8.02. The highest BCUT2D eigenvalue weighted by molar-refractivity contribution is 5.90. The summed E-state index contributed by atoms with van der Waals surface area (Å²) in [4.78, 5) is 30.9. The van der Waals surface area contributed by atoms with E-state index >= 15 is 0 Å². The number of halogens is 3. The summed E-state index contributed by atoms with van der Waals surface area (Å²) in [5, 5.41) is 3.84. The number of hydrogen-bond donors (Lipinski definition) is 0. The van der Waals surface area contributed by atoms with E-state index in [1.54, 1.807) is 35.2 Å². The molecule has 1 aliphatic heterocycles. The lowest BCUT2D eigenvalue weighted by atomic mass is 9.88. The monoisotopic (exact) mass is 664 g/mol. The van der Waals surface area contributed by atoms with Crippen LogP contribution in [-0.4, -0.2) is 57.0 Å². The number of piperidine rings is 1. The number of ether oxygens (including phenoxy) is 3. The number of para-hydroxylation sites is 1. The summed E-state index contributed by atoms with van der Waals surface area (Å²) in [5.41, 5.74) is 1.74. The molecule has 1 aliphatic rings. The highest BCUT2D eigenvalue weighted by Crippen LogP contribution is 2.36. The Kier molecular flexibility index (Phi) is 10.1. The number of nitrogens with zero attached hydrogens (tertiary/aromatic N) is 4. The molecule has 254 valence electrons. The number of likely N-dealkylation sites (tertiary alicyclic amines) is 1. The zero-order valence-electron chi connectivity index (χ0n) is 27.6. The number of carbonyl (C=O) groups is 2. The van der Waals surface area contributed by atoms with Crippen molar-refractivity contribution < 1.29 is 37.0 Å². The standard InChI is InChI=1S/C36H39F3N4O5/c1-6-46-33(44)28-21-40-43(32(28)36(37,38)39)31-13-9-11-29(41-31)27-10-7-8-12-30(27)47-22-26-15-14-25(20-23(26)2)24-16-18-42(19-17-24)34(45)48-35(3,4)5/h7-15,20-21,24H,6,16-19,22H2,1-5H3. The molecule has 48 heavy (non-hydrogen) atoms. The first-order chi connectivity index (χ1) is 22.7. The fourth-order valence-corrected chi connectivity index (χ4v) is 5.66. The molecule has 2 aromatic heterocycles. The van der Waals surface area contributed by atoms with Gasteiger partial charge in [-0.15, -0.1) is 0 Å². The van der Waals surface area contributed by atoms with Crippen LogP contribution in [0, 0.1) is 6.92 Å². The fraction of sp³-hybridized carbons (Fsp3) is 0.389. The van der Waals surface area contributed by atoms with E-state index in [9.17, 15) is 22.8 Å². The number of aryl methyl sites for hydroxylation is 1. The molecule has 1 fully saturated rings. The minimum Gasteiger partial charge on any atom is -0.488 e. The summed E-state index contributed by atoms with van der Waals surface area (Å²) in [6.45, 7) is 10.6. The van der Waals surface area contributed by atoms with Crippen molar-refractivity contribution in [1.82, 2.24) is 19.7 Å². The van der Waals surface area contributed by atoms with E-state index in [1.165, 1.54) is 18.6 Å². The second-order valence-electron chi connectivity index (χ2n) is 12.6. The van der Waals surface area contributed by atoms with E-state index < -0.39 is 29.0 Å². The summed E-state index contributed by atoms with van der Waals surface area (Å²) < 4.78 is 59.5. The summed E-state index contributed by atoms with van der Waals surface area (Å²) >= 11 is 0. The van der Waals surface area contributed by atoms with E-state index in [2.05, 4.69) is 22.2 Å². The van der Waals surface area contributed by atoms with E-state index in [-0.39, 0.29) is 25.1 Å². The summed E-state index contributed by atoms with van der Waals surface area (Å²) in [6.07, 6.45) is -2.63. The van der Waals surface area contributed by atoms with Crippen LogP contribution in [0.1, 0.15) is 79.2 Å². The Morgan fingerprint density at radius 3 is 2.38 bits per heavy atom. The number of rotatable bonds is 8. The minimum atomic E-state index is -4.89. The largest absolute Gasteiger partial charge is 0.488 e. The number of hydrogen-bond acceptors (Lipinski definition) is 7. The smallest absolute Gasteiger partial charge is 0.434 e. The predicted molar refractivity (Wildman–Crippen MR) is 173 cm³/mol. The Labute approximate surface area is 277 Å². The zero-order chi connectivity index (χ0) is 34.6. The highest BCUT2D eigenvalue weighted by Gasteiger charge is 2.41. The van der Waals surface area contributed by atoms with Gasteiger partial charge in [-0.1, -0.05) is 36.4 Å². The molecule has 1 amide bonds. The Bertz CT molecular complexity index is 1770. The number of esters is 1. The maximum absolute atomic E-state index is 14.1. The lowest BCUT2D eigenvalue weighted by Crippen LogP contribution is -2.41. The van der Waals surface area contributed by atoms with Gasteiger partial charge in [-0.3, -0.25) is 0 Å². The highest BCUT2D eigenvalue weighted by atomic mass is 19.4. The Hall–Kier alpha value is -4.87. The van der Waals surface area contributed by atoms with Crippen molar-refractivity contribution in [3.63, 3.8) is 0 Å². The molecule has 0 saturated carbocycles. The van der Waals surface area contributed by atoms with Crippen LogP contribution in [0.15, 0.2) is 66.9 Å². The first kappa shape index (κ1) is 34.5. The van der Waals surface area contributed by atoms with Crippen LogP contribution in [-0.2, 0) is 22.3 Å². The van der Waals surface area contributed by atoms with Gasteiger partial charge < -0.3 is 19.1 Å². The molecule has 12 heteroatoms. The number of carbonyl (C=O) groups excluding carboxylic acids is 2. The first-order valence-corrected chi connectivity index (χ1v) is 15.8. The molecule has 4 aromatic rings. The molecular formula is C36H39F3N4O5. The molecule has 2 aromatic carbocycles. The van der Waals surface area contributed by atoms with E-state index in [0.717, 1.165) is 30.2 Å². The summed E-state index contributed by atoms with van der Waals surface area (Å²) in [6, 6.07) is 18.1. The van der Waals surface area contributed by atoms with Gasteiger partial charge in [-0.2, -0.15) is 18.3 Å². The number of benzene rings is 2. The minimum absolute atomic E-state index is 0.0771. The van der Waals surface area contributed by atoms with Crippen molar-refractivity contribution >= 4 is 12.1 Å². The van der Waals surface area contributed by atoms with Crippen LogP contribution in [0.2, 0.25) is 0 Å². The summed E-state index contributed by atoms with van der Waals surface area (Å²) in [5.74, 6) is -0.396. The maximum atomic E-state index is 14.1. The number of pyridine rings is 1. The van der Waals surface area contributed by atoms with Crippen LogP contribution in [0.3, 0.4) is 0 Å². The number of alkyl halides is 3. The Morgan fingerprint density at radius 2 is 1.71 bits per heavy atom. The molecule has 0 spiro atoms. The molecular weight excluding hydrogens is 625 g/mol. The van der Waals surface area contributed by atoms with E-state index in [4.69, 9.17) is 14.2 Å². The van der Waals surface area contributed by atoms with Crippen LogP contribution >= 0.6 is 0 Å². The topological polar surface area (TPSA) is 95.8 Å². The Balaban J connectivity index is 1.30. The molecule has 5 rings (SSSR count). The van der Waals surface area contributed by atoms with Crippen molar-refractivity contribution in [2.75, 3.05) is 19.7 Å². The first-order valence-electron chi connectivity index (χ1n) is 15.8. The molecule has 9 nitrogen and oxygen atoms in total. The van der Waals surface area contributed by atoms with Crippen molar-refractivity contribution in [2.24, 2.45) is 0 Å². The summed E-state index contributed by atoms with van der Waals surface area (Å²) in [7, 11) is 0. The van der Waals surface area contributed by atoms with Gasteiger partial charge in [0.05, 0.1) is 18.5 Å². The van der Waals surface area contributed by atoms with Crippen LogP contribution < -0.4 is 4.74 Å². The normalized spacial score (nSPS) is 14.1. The van der Waals surface area contributed by atoms with Crippen LogP contribution in [0.25, 0.3) is 17.1 Å². The van der Waals surface area contributed by atoms with E-state index in [0.29, 0.717) is 40.7 Å². The van der Waals surface area contributed by atoms with Crippen molar-refractivity contribution in [3.8, 4) is 22.8 Å². The lowest BCUT2D eigenvalue weighted by Gasteiger charge is -2.33. The van der Waals surface area contributed by atoms with Gasteiger partial charge >= 0.3 is 18.2 Å². The average molecular weight is 665 g/mol. The van der Waals surface area contributed by atoms with Gasteiger partial charge in [-0.05, 0) is 94.3 Å². The number of aromatic nitrogens is 3. The van der Waals surface area contributed by atoms with Gasteiger partial charge in [0.25, 0.3) is 0 Å². The third kappa shape index (κ3) is 7.98.